The molecule has 3 aliphatic heterocycles. The van der Waals surface area contributed by atoms with E-state index >= 15 is 0 Å². The van der Waals surface area contributed by atoms with E-state index in [0.29, 0.717) is 12.2 Å². The lowest BCUT2D eigenvalue weighted by Crippen LogP contribution is -2.67. The highest BCUT2D eigenvalue weighted by Crippen LogP contribution is 2.30. The summed E-state index contributed by atoms with van der Waals surface area (Å²) in [6.45, 7) is 11.4. The molecule has 3 saturated heterocycles. The quantitative estimate of drug-likeness (QED) is 0.520. The van der Waals surface area contributed by atoms with Gasteiger partial charge < -0.3 is 18.4 Å². The average molecular weight is 381 g/mol. The van der Waals surface area contributed by atoms with Crippen LogP contribution in [-0.4, -0.2) is 73.7 Å². The topological polar surface area (TPSA) is 25.1 Å². The fourth-order valence-corrected chi connectivity index (χ4v) is 5.03. The number of hydrogen-bond donors (Lipinski definition) is 0. The Labute approximate surface area is 168 Å². The summed E-state index contributed by atoms with van der Waals surface area (Å²) in [5, 5.41) is 0. The molecule has 3 heterocycles. The average Bonchev–Trinajstić information content (AvgIpc) is 3.64. The predicted octanol–water partition coefficient (Wildman–Crippen LogP) is 2.83. The first-order chi connectivity index (χ1) is 13.7. The molecule has 0 amide bonds. The molecule has 0 aromatic heterocycles. The van der Waals surface area contributed by atoms with E-state index in [0.717, 1.165) is 26.3 Å². The minimum atomic E-state index is 0.476. The largest absolute Gasteiger partial charge is 0.367 e. The molecule has 148 valence electrons. The maximum Gasteiger partial charge on any atom is 0.130 e. The van der Waals surface area contributed by atoms with Gasteiger partial charge in [-0.3, -0.25) is 0 Å². The van der Waals surface area contributed by atoms with Crippen molar-refractivity contribution in [3.05, 3.63) is 71.8 Å². The molecule has 4 heteroatoms. The standard InChI is InChI=1S/C24H32N2O2/c1-3-7-21(8-4-1)15-25(17-23-19-27-23)11-13-26(14-12-25,18-24-20-28-24)16-22-9-5-2-6-10-22/h1-10,23-24H,11-20H2/q+2/t23-,24+,25?,26?. The second-order valence-corrected chi connectivity index (χ2v) is 9.14. The second kappa shape index (κ2) is 7.60. The van der Waals surface area contributed by atoms with Gasteiger partial charge in [0.2, 0.25) is 0 Å². The summed E-state index contributed by atoms with van der Waals surface area (Å²) in [4.78, 5) is 0. The van der Waals surface area contributed by atoms with Crippen LogP contribution >= 0.6 is 0 Å². The Bertz CT molecular complexity index is 696. The Morgan fingerprint density at radius 3 is 1.29 bits per heavy atom. The summed E-state index contributed by atoms with van der Waals surface area (Å²) in [6.07, 6.45) is 0.953. The molecule has 28 heavy (non-hydrogen) atoms. The molecular weight excluding hydrogens is 348 g/mol. The fraction of sp³-hybridized carbons (Fsp3) is 0.500. The Hall–Kier alpha value is -1.72. The van der Waals surface area contributed by atoms with E-state index in [4.69, 9.17) is 9.47 Å². The highest BCUT2D eigenvalue weighted by molar-refractivity contribution is 5.14. The van der Waals surface area contributed by atoms with Gasteiger partial charge in [0.05, 0.1) is 13.2 Å². The van der Waals surface area contributed by atoms with E-state index in [-0.39, 0.29) is 0 Å². The number of piperazine rings is 1. The molecule has 0 radical (unpaired) electrons. The van der Waals surface area contributed by atoms with Crippen molar-refractivity contribution in [2.75, 3.05) is 52.5 Å². The van der Waals surface area contributed by atoms with Crippen LogP contribution in [0.15, 0.2) is 60.7 Å². The first kappa shape index (κ1) is 18.3. The van der Waals surface area contributed by atoms with Crippen LogP contribution in [0.1, 0.15) is 11.1 Å². The monoisotopic (exact) mass is 380 g/mol. The number of hydrogen-bond acceptors (Lipinski definition) is 2. The maximum absolute atomic E-state index is 5.66. The first-order valence-electron chi connectivity index (χ1n) is 10.7. The Morgan fingerprint density at radius 1 is 0.607 bits per heavy atom. The summed E-state index contributed by atoms with van der Waals surface area (Å²) in [5.41, 5.74) is 2.91. The van der Waals surface area contributed by atoms with Crippen LogP contribution in [0.4, 0.5) is 0 Å². The molecule has 0 spiro atoms. The summed E-state index contributed by atoms with van der Waals surface area (Å²) in [5.74, 6) is 0. The van der Waals surface area contributed by atoms with Crippen molar-refractivity contribution >= 4 is 0 Å². The first-order valence-corrected chi connectivity index (χ1v) is 10.7. The lowest BCUT2D eigenvalue weighted by molar-refractivity contribution is -1.04. The summed E-state index contributed by atoms with van der Waals surface area (Å²) in [7, 11) is 0. The molecule has 3 fully saturated rings. The fourth-order valence-electron chi connectivity index (χ4n) is 5.03. The zero-order valence-electron chi connectivity index (χ0n) is 16.7. The molecule has 0 saturated carbocycles. The number of quaternary nitrogens is 2. The molecule has 3 aliphatic rings. The van der Waals surface area contributed by atoms with E-state index < -0.39 is 0 Å². The minimum absolute atomic E-state index is 0.476. The van der Waals surface area contributed by atoms with Crippen LogP contribution in [0.3, 0.4) is 0 Å². The summed E-state index contributed by atoms with van der Waals surface area (Å²) in [6, 6.07) is 22.1. The van der Waals surface area contributed by atoms with Crippen LogP contribution < -0.4 is 0 Å². The van der Waals surface area contributed by atoms with Gasteiger partial charge in [-0.2, -0.15) is 0 Å². The SMILES string of the molecule is c1ccc(C[N+]2(C[C@H]3CO3)CC[N+](Cc3ccccc3)(C[C@@H]3CO3)CC2)cc1. The van der Waals surface area contributed by atoms with Gasteiger partial charge in [-0.25, -0.2) is 0 Å². The molecular formula is C24H32N2O2+2. The van der Waals surface area contributed by atoms with Gasteiger partial charge in [0, 0.05) is 11.1 Å². The number of nitrogens with zero attached hydrogens (tertiary/aromatic N) is 2. The Kier molecular flexibility index (Phi) is 4.97. The molecule has 0 N–H and O–H groups in total. The third-order valence-corrected chi connectivity index (χ3v) is 6.81. The lowest BCUT2D eigenvalue weighted by Gasteiger charge is -2.50. The summed E-state index contributed by atoms with van der Waals surface area (Å²) < 4.78 is 13.7. The van der Waals surface area contributed by atoms with Crippen molar-refractivity contribution in [3.8, 4) is 0 Å². The molecule has 5 rings (SSSR count). The third-order valence-electron chi connectivity index (χ3n) is 6.81. The van der Waals surface area contributed by atoms with Gasteiger partial charge in [0.25, 0.3) is 0 Å². The molecule has 0 bridgehead atoms. The number of ether oxygens (including phenoxy) is 2. The van der Waals surface area contributed by atoms with E-state index in [1.54, 1.807) is 0 Å². The van der Waals surface area contributed by atoms with Gasteiger partial charge in [-0.1, -0.05) is 60.7 Å². The second-order valence-electron chi connectivity index (χ2n) is 9.14. The van der Waals surface area contributed by atoms with Crippen molar-refractivity contribution in [1.82, 2.24) is 0 Å². The number of epoxide rings is 2. The molecule has 2 aromatic carbocycles. The highest BCUT2D eigenvalue weighted by Gasteiger charge is 2.47. The van der Waals surface area contributed by atoms with Crippen LogP contribution in [0.5, 0.6) is 0 Å². The van der Waals surface area contributed by atoms with E-state index in [9.17, 15) is 0 Å². The normalized spacial score (nSPS) is 34.1. The molecule has 2 atom stereocenters. The van der Waals surface area contributed by atoms with Crippen LogP contribution in [0.2, 0.25) is 0 Å². The molecule has 0 aliphatic carbocycles. The minimum Gasteiger partial charge on any atom is -0.367 e. The van der Waals surface area contributed by atoms with Gasteiger partial charge in [-0.05, 0) is 0 Å². The van der Waals surface area contributed by atoms with E-state index in [1.807, 2.05) is 0 Å². The van der Waals surface area contributed by atoms with Gasteiger partial charge >= 0.3 is 0 Å². The zero-order valence-corrected chi connectivity index (χ0v) is 16.7. The van der Waals surface area contributed by atoms with Crippen molar-refractivity contribution in [2.24, 2.45) is 0 Å². The van der Waals surface area contributed by atoms with Crippen molar-refractivity contribution in [1.29, 1.82) is 0 Å². The van der Waals surface area contributed by atoms with Crippen LogP contribution in [-0.2, 0) is 22.6 Å². The smallest absolute Gasteiger partial charge is 0.130 e. The number of rotatable bonds is 8. The molecule has 0 unspecified atom stereocenters. The van der Waals surface area contributed by atoms with Gasteiger partial charge in [0.15, 0.2) is 0 Å². The van der Waals surface area contributed by atoms with Crippen molar-refractivity contribution in [3.63, 3.8) is 0 Å². The molecule has 4 nitrogen and oxygen atoms in total. The van der Waals surface area contributed by atoms with E-state index in [2.05, 4.69) is 60.7 Å². The highest BCUT2D eigenvalue weighted by atomic mass is 16.6. The predicted molar refractivity (Wildman–Crippen MR) is 109 cm³/mol. The maximum atomic E-state index is 5.66. The van der Waals surface area contributed by atoms with Crippen molar-refractivity contribution in [2.45, 2.75) is 25.3 Å². The molecule has 2 aromatic rings. The third kappa shape index (κ3) is 4.47. The van der Waals surface area contributed by atoms with Crippen molar-refractivity contribution < 1.29 is 18.4 Å². The van der Waals surface area contributed by atoms with Gasteiger partial charge in [0.1, 0.15) is 64.6 Å². The summed E-state index contributed by atoms with van der Waals surface area (Å²) >= 11 is 0. The van der Waals surface area contributed by atoms with Crippen LogP contribution in [0, 0.1) is 0 Å². The van der Waals surface area contributed by atoms with Crippen LogP contribution in [0.25, 0.3) is 0 Å². The zero-order chi connectivity index (χ0) is 18.9. The van der Waals surface area contributed by atoms with Gasteiger partial charge in [-0.15, -0.1) is 0 Å². The van der Waals surface area contributed by atoms with E-state index in [1.165, 1.54) is 59.4 Å². The number of benzene rings is 2. The Balaban J connectivity index is 1.33. The Morgan fingerprint density at radius 2 is 0.964 bits per heavy atom. The lowest BCUT2D eigenvalue weighted by atomic mass is 10.1.